The van der Waals surface area contributed by atoms with Crippen molar-refractivity contribution in [1.82, 2.24) is 5.32 Å². The van der Waals surface area contributed by atoms with Gasteiger partial charge in [0.1, 0.15) is 6.04 Å². The van der Waals surface area contributed by atoms with Crippen molar-refractivity contribution >= 4 is 17.8 Å². The van der Waals surface area contributed by atoms with E-state index in [-0.39, 0.29) is 6.42 Å². The Balaban J connectivity index is 2.70. The molecule has 2 N–H and O–H groups in total. The van der Waals surface area contributed by atoms with Crippen molar-refractivity contribution in [1.29, 1.82) is 0 Å². The van der Waals surface area contributed by atoms with Gasteiger partial charge in [-0.3, -0.25) is 4.79 Å². The number of esters is 1. The lowest BCUT2D eigenvalue weighted by molar-refractivity contribution is -0.154. The molecule has 1 amide bonds. The first-order valence-electron chi connectivity index (χ1n) is 5.20. The number of rotatable bonds is 4. The maximum atomic E-state index is 11.2. The molecule has 0 aliphatic heterocycles. The lowest BCUT2D eigenvalue weighted by atomic mass is 10.1. The van der Waals surface area contributed by atoms with Crippen LogP contribution in [0, 0.1) is 0 Å². The maximum absolute atomic E-state index is 11.2. The Morgan fingerprint density at radius 3 is 2.39 bits per heavy atom. The second-order valence-electron chi connectivity index (χ2n) is 3.55. The van der Waals surface area contributed by atoms with E-state index >= 15 is 0 Å². The summed E-state index contributed by atoms with van der Waals surface area (Å²) in [6, 6.07) is 7.62. The molecule has 1 atom stereocenters. The molecule has 1 unspecified atom stereocenters. The van der Waals surface area contributed by atoms with Crippen molar-refractivity contribution in [2.75, 3.05) is 7.11 Å². The molecule has 0 bridgehead atoms. The molecule has 0 fully saturated rings. The van der Waals surface area contributed by atoms with Crippen molar-refractivity contribution in [3.8, 4) is 0 Å². The number of nitrogens with one attached hydrogen (secondary N) is 1. The third-order valence-corrected chi connectivity index (χ3v) is 2.26. The normalized spacial score (nSPS) is 11.4. The molecule has 0 aliphatic rings. The molecule has 1 rings (SSSR count). The van der Waals surface area contributed by atoms with Crippen LogP contribution in [0.1, 0.15) is 5.56 Å². The number of carbonyl (C=O) groups excluding carboxylic acids is 2. The minimum Gasteiger partial charge on any atom is -0.480 e. The van der Waals surface area contributed by atoms with Gasteiger partial charge in [-0.15, -0.1) is 0 Å². The quantitative estimate of drug-likeness (QED) is 0.579. The Kier molecular flexibility index (Phi) is 4.86. The van der Waals surface area contributed by atoms with Crippen LogP contribution in [0.3, 0.4) is 0 Å². The Hall–Kier alpha value is -2.37. The van der Waals surface area contributed by atoms with Gasteiger partial charge in [-0.2, -0.15) is 0 Å². The molecule has 1 aromatic rings. The summed E-state index contributed by atoms with van der Waals surface area (Å²) in [4.78, 5) is 33.1. The summed E-state index contributed by atoms with van der Waals surface area (Å²) in [5.41, 5.74) is 0.745. The SMILES string of the molecule is COC(=O)C(=O)NC(Cc1ccccc1)C(=O)O. The lowest BCUT2D eigenvalue weighted by Gasteiger charge is -2.13. The number of aliphatic carboxylic acids is 1. The zero-order valence-corrected chi connectivity index (χ0v) is 9.75. The molecular weight excluding hydrogens is 238 g/mol. The van der Waals surface area contributed by atoms with E-state index in [0.717, 1.165) is 12.7 Å². The van der Waals surface area contributed by atoms with Gasteiger partial charge in [0.15, 0.2) is 0 Å². The number of carboxylic acid groups (broad SMARTS) is 1. The molecule has 0 spiro atoms. The molecule has 6 heteroatoms. The maximum Gasteiger partial charge on any atom is 0.396 e. The van der Waals surface area contributed by atoms with Crippen molar-refractivity contribution in [3.63, 3.8) is 0 Å². The van der Waals surface area contributed by atoms with Gasteiger partial charge in [0, 0.05) is 6.42 Å². The van der Waals surface area contributed by atoms with Crippen LogP contribution >= 0.6 is 0 Å². The Labute approximate surface area is 104 Å². The minimum atomic E-state index is -1.21. The first kappa shape index (κ1) is 13.7. The summed E-state index contributed by atoms with van der Waals surface area (Å²) in [5, 5.41) is 11.1. The first-order chi connectivity index (χ1) is 8.54. The summed E-state index contributed by atoms with van der Waals surface area (Å²) in [6.45, 7) is 0. The topological polar surface area (TPSA) is 92.7 Å². The second kappa shape index (κ2) is 6.39. The third kappa shape index (κ3) is 3.89. The molecule has 0 heterocycles. The third-order valence-electron chi connectivity index (χ3n) is 2.26. The average molecular weight is 251 g/mol. The van der Waals surface area contributed by atoms with Crippen molar-refractivity contribution < 1.29 is 24.2 Å². The summed E-state index contributed by atoms with van der Waals surface area (Å²) in [6.07, 6.45) is 0.0961. The smallest absolute Gasteiger partial charge is 0.396 e. The van der Waals surface area contributed by atoms with Gasteiger partial charge in [0.25, 0.3) is 0 Å². The number of methoxy groups -OCH3 is 1. The van der Waals surface area contributed by atoms with E-state index in [1.54, 1.807) is 30.3 Å². The predicted octanol–water partition coefficient (Wildman–Crippen LogP) is -0.0285. The second-order valence-corrected chi connectivity index (χ2v) is 3.55. The van der Waals surface area contributed by atoms with E-state index in [9.17, 15) is 14.4 Å². The Morgan fingerprint density at radius 1 is 1.28 bits per heavy atom. The van der Waals surface area contributed by atoms with Crippen LogP contribution < -0.4 is 5.32 Å². The van der Waals surface area contributed by atoms with Gasteiger partial charge in [-0.25, -0.2) is 9.59 Å². The van der Waals surface area contributed by atoms with Crippen LogP contribution in [-0.2, 0) is 25.5 Å². The van der Waals surface area contributed by atoms with Crippen LogP contribution in [0.15, 0.2) is 30.3 Å². The molecule has 0 aliphatic carbocycles. The number of hydrogen-bond acceptors (Lipinski definition) is 4. The highest BCUT2D eigenvalue weighted by atomic mass is 16.5. The van der Waals surface area contributed by atoms with Crippen LogP contribution in [0.25, 0.3) is 0 Å². The summed E-state index contributed by atoms with van der Waals surface area (Å²) in [5.74, 6) is -3.40. The van der Waals surface area contributed by atoms with E-state index in [4.69, 9.17) is 5.11 Å². The van der Waals surface area contributed by atoms with Gasteiger partial charge in [-0.1, -0.05) is 30.3 Å². The van der Waals surface area contributed by atoms with Crippen LogP contribution in [-0.4, -0.2) is 36.1 Å². The number of carboxylic acids is 1. The van der Waals surface area contributed by atoms with Gasteiger partial charge in [0.2, 0.25) is 0 Å². The molecule has 0 radical (unpaired) electrons. The van der Waals surface area contributed by atoms with Gasteiger partial charge < -0.3 is 15.2 Å². The molecule has 6 nitrogen and oxygen atoms in total. The fourth-order valence-corrected chi connectivity index (χ4v) is 1.36. The summed E-state index contributed by atoms with van der Waals surface area (Å²) in [7, 11) is 1.05. The van der Waals surface area contributed by atoms with Gasteiger partial charge >= 0.3 is 17.8 Å². The zero-order chi connectivity index (χ0) is 13.5. The minimum absolute atomic E-state index is 0.0961. The average Bonchev–Trinajstić information content (AvgIpc) is 2.37. The monoisotopic (exact) mass is 251 g/mol. The largest absolute Gasteiger partial charge is 0.480 e. The van der Waals surface area contributed by atoms with Crippen LogP contribution in [0.4, 0.5) is 0 Å². The number of amides is 1. The van der Waals surface area contributed by atoms with Crippen molar-refractivity contribution in [3.05, 3.63) is 35.9 Å². The van der Waals surface area contributed by atoms with Gasteiger partial charge in [-0.05, 0) is 5.56 Å². The Bertz CT molecular complexity index is 443. The standard InChI is InChI=1S/C12H13NO5/c1-18-12(17)10(14)13-9(11(15)16)7-8-5-3-2-4-6-8/h2-6,9H,7H2,1H3,(H,13,14)(H,15,16). The van der Waals surface area contributed by atoms with E-state index in [1.807, 2.05) is 0 Å². The van der Waals surface area contributed by atoms with Crippen molar-refractivity contribution in [2.45, 2.75) is 12.5 Å². The number of carbonyl (C=O) groups is 3. The number of benzene rings is 1. The number of ether oxygens (including phenoxy) is 1. The highest BCUT2D eigenvalue weighted by molar-refractivity contribution is 6.32. The molecular formula is C12H13NO5. The molecule has 0 saturated carbocycles. The van der Waals surface area contributed by atoms with E-state index in [2.05, 4.69) is 10.1 Å². The highest BCUT2D eigenvalue weighted by Crippen LogP contribution is 2.03. The first-order valence-corrected chi connectivity index (χ1v) is 5.20. The fourth-order valence-electron chi connectivity index (χ4n) is 1.36. The summed E-state index contributed by atoms with van der Waals surface area (Å²) >= 11 is 0. The highest BCUT2D eigenvalue weighted by Gasteiger charge is 2.24. The molecule has 0 saturated heterocycles. The van der Waals surface area contributed by atoms with Crippen LogP contribution in [0.2, 0.25) is 0 Å². The lowest BCUT2D eigenvalue weighted by Crippen LogP contribution is -2.45. The summed E-state index contributed by atoms with van der Waals surface area (Å²) < 4.78 is 4.20. The predicted molar refractivity (Wildman–Crippen MR) is 61.7 cm³/mol. The molecule has 96 valence electrons. The zero-order valence-electron chi connectivity index (χ0n) is 9.75. The van der Waals surface area contributed by atoms with Crippen molar-refractivity contribution in [2.24, 2.45) is 0 Å². The fraction of sp³-hybridized carbons (Fsp3) is 0.250. The molecule has 18 heavy (non-hydrogen) atoms. The molecule has 0 aromatic heterocycles. The molecule has 1 aromatic carbocycles. The van der Waals surface area contributed by atoms with E-state index in [0.29, 0.717) is 0 Å². The Morgan fingerprint density at radius 2 is 1.89 bits per heavy atom. The van der Waals surface area contributed by atoms with E-state index in [1.165, 1.54) is 0 Å². The van der Waals surface area contributed by atoms with E-state index < -0.39 is 23.9 Å². The van der Waals surface area contributed by atoms with Gasteiger partial charge in [0.05, 0.1) is 7.11 Å². The number of hydrogen-bond donors (Lipinski definition) is 2. The van der Waals surface area contributed by atoms with Crippen LogP contribution in [0.5, 0.6) is 0 Å².